The molecule has 7 aromatic rings. The van der Waals surface area contributed by atoms with Gasteiger partial charge in [0.2, 0.25) is 0 Å². The van der Waals surface area contributed by atoms with Crippen molar-refractivity contribution in [1.29, 1.82) is 0 Å². The molecule has 0 heteroatoms. The van der Waals surface area contributed by atoms with Crippen LogP contribution in [0.15, 0.2) is 152 Å². The monoisotopic (exact) mass is 494 g/mol. The predicted molar refractivity (Wildman–Crippen MR) is 165 cm³/mol. The molecule has 0 unspecified atom stereocenters. The summed E-state index contributed by atoms with van der Waals surface area (Å²) in [6, 6.07) is 55.8. The van der Waals surface area contributed by atoms with Gasteiger partial charge in [-0.3, -0.25) is 0 Å². The topological polar surface area (TPSA) is 0 Å². The highest BCUT2D eigenvalue weighted by atomic mass is 14.4. The second-order valence-corrected chi connectivity index (χ2v) is 10.5. The van der Waals surface area contributed by atoms with E-state index in [1.165, 1.54) is 71.6 Å². The number of hydrogen-bond acceptors (Lipinski definition) is 0. The van der Waals surface area contributed by atoms with Crippen molar-refractivity contribution in [3.63, 3.8) is 0 Å². The minimum absolute atomic E-state index is 0.139. The van der Waals surface area contributed by atoms with Crippen LogP contribution < -0.4 is 0 Å². The molecule has 0 heterocycles. The van der Waals surface area contributed by atoms with Gasteiger partial charge in [0, 0.05) is 5.92 Å². The normalized spacial score (nSPS) is 12.5. The molecule has 0 spiro atoms. The largest absolute Gasteiger partial charge is 0.0622 e. The lowest BCUT2D eigenvalue weighted by Crippen LogP contribution is -2.05. The summed E-state index contributed by atoms with van der Waals surface area (Å²) in [4.78, 5) is 0. The zero-order chi connectivity index (χ0) is 25.8. The Labute approximate surface area is 228 Å². The molecule has 0 atom stereocenters. The average molecular weight is 495 g/mol. The predicted octanol–water partition coefficient (Wildman–Crippen LogP) is 10.5. The summed E-state index contributed by atoms with van der Waals surface area (Å²) < 4.78 is 0. The van der Waals surface area contributed by atoms with Crippen LogP contribution in [0.2, 0.25) is 0 Å². The molecule has 0 bridgehead atoms. The first-order valence-corrected chi connectivity index (χ1v) is 13.7. The van der Waals surface area contributed by atoms with E-state index >= 15 is 0 Å². The van der Waals surface area contributed by atoms with Gasteiger partial charge in [-0.1, -0.05) is 133 Å². The van der Waals surface area contributed by atoms with Crippen molar-refractivity contribution in [3.05, 3.63) is 168 Å². The van der Waals surface area contributed by atoms with Crippen LogP contribution in [-0.4, -0.2) is 0 Å². The van der Waals surface area contributed by atoms with Gasteiger partial charge in [0.1, 0.15) is 0 Å². The zero-order valence-electron chi connectivity index (χ0n) is 21.5. The van der Waals surface area contributed by atoms with Crippen LogP contribution in [0.3, 0.4) is 0 Å². The summed E-state index contributed by atoms with van der Waals surface area (Å²) in [5.74, 6) is 0.139. The Morgan fingerprint density at radius 1 is 0.359 bits per heavy atom. The van der Waals surface area contributed by atoms with Crippen molar-refractivity contribution < 1.29 is 0 Å². The summed E-state index contributed by atoms with van der Waals surface area (Å²) in [5.41, 5.74) is 11.9. The molecule has 0 aliphatic heterocycles. The Bertz CT molecular complexity index is 1950. The van der Waals surface area contributed by atoms with Crippen molar-refractivity contribution in [2.75, 3.05) is 0 Å². The summed E-state index contributed by atoms with van der Waals surface area (Å²) in [6.45, 7) is 0. The minimum Gasteiger partial charge on any atom is -0.0622 e. The van der Waals surface area contributed by atoms with Crippen molar-refractivity contribution in [2.45, 2.75) is 5.92 Å². The molecule has 8 rings (SSSR count). The first-order valence-electron chi connectivity index (χ1n) is 13.7. The van der Waals surface area contributed by atoms with Gasteiger partial charge in [0.05, 0.1) is 0 Å². The van der Waals surface area contributed by atoms with Crippen LogP contribution in [0.25, 0.3) is 54.9 Å². The second kappa shape index (κ2) is 8.82. The van der Waals surface area contributed by atoms with Crippen LogP contribution in [-0.2, 0) is 0 Å². The summed E-state index contributed by atoms with van der Waals surface area (Å²) in [5, 5.41) is 5.15. The Morgan fingerprint density at radius 3 is 1.51 bits per heavy atom. The van der Waals surface area contributed by atoms with Gasteiger partial charge in [0.25, 0.3) is 0 Å². The molecule has 0 nitrogen and oxygen atoms in total. The summed E-state index contributed by atoms with van der Waals surface area (Å²) in [7, 11) is 0. The number of hydrogen-bond donors (Lipinski definition) is 0. The molecule has 39 heavy (non-hydrogen) atoms. The van der Waals surface area contributed by atoms with Gasteiger partial charge in [-0.05, 0) is 89.8 Å². The fraction of sp³-hybridized carbons (Fsp3) is 0.0256. The van der Waals surface area contributed by atoms with Crippen LogP contribution in [0.4, 0.5) is 0 Å². The number of fused-ring (bicyclic) bond motifs is 5. The van der Waals surface area contributed by atoms with E-state index in [1.54, 1.807) is 0 Å². The molecule has 0 N–H and O–H groups in total. The van der Waals surface area contributed by atoms with Crippen molar-refractivity contribution in [2.24, 2.45) is 0 Å². The molecule has 7 aromatic carbocycles. The van der Waals surface area contributed by atoms with E-state index in [4.69, 9.17) is 0 Å². The Balaban J connectivity index is 1.59. The van der Waals surface area contributed by atoms with Crippen LogP contribution in [0.1, 0.15) is 22.6 Å². The van der Waals surface area contributed by atoms with E-state index in [-0.39, 0.29) is 5.92 Å². The average Bonchev–Trinajstić information content (AvgIpc) is 3.34. The molecule has 0 aromatic heterocycles. The molecule has 182 valence electrons. The van der Waals surface area contributed by atoms with Gasteiger partial charge in [-0.2, -0.15) is 0 Å². The van der Waals surface area contributed by atoms with Crippen LogP contribution >= 0.6 is 0 Å². The molecular formula is C39H26. The van der Waals surface area contributed by atoms with E-state index in [0.29, 0.717) is 0 Å². The van der Waals surface area contributed by atoms with Gasteiger partial charge >= 0.3 is 0 Å². The lowest BCUT2D eigenvalue weighted by atomic mass is 9.78. The number of rotatable bonds is 3. The Kier molecular flexibility index (Phi) is 5.00. The molecule has 0 saturated heterocycles. The van der Waals surface area contributed by atoms with Crippen LogP contribution in [0.5, 0.6) is 0 Å². The molecule has 0 amide bonds. The smallest absolute Gasteiger partial charge is 0.0364 e. The highest BCUT2D eigenvalue weighted by Gasteiger charge is 2.33. The van der Waals surface area contributed by atoms with Crippen molar-refractivity contribution in [3.8, 4) is 33.4 Å². The van der Waals surface area contributed by atoms with E-state index in [2.05, 4.69) is 152 Å². The lowest BCUT2D eigenvalue weighted by Gasteiger charge is -2.25. The fourth-order valence-electron chi connectivity index (χ4n) is 6.65. The Hall–Kier alpha value is -4.94. The zero-order valence-corrected chi connectivity index (χ0v) is 21.5. The van der Waals surface area contributed by atoms with Gasteiger partial charge < -0.3 is 0 Å². The highest BCUT2D eigenvalue weighted by molar-refractivity contribution is 6.07. The molecule has 0 fully saturated rings. The standard InChI is InChI=1S/C39H26/c1-3-13-26(14-4-1)35-25-30-23-28-17-7-8-18-29(28)24-36(30)39(37(35)27-15-5-2-6-16-27)38-33-21-11-9-19-31(33)32-20-10-12-22-34(32)38/h1-25,38H. The highest BCUT2D eigenvalue weighted by Crippen LogP contribution is 2.53. The van der Waals surface area contributed by atoms with Crippen molar-refractivity contribution >= 4 is 21.5 Å². The third-order valence-corrected chi connectivity index (χ3v) is 8.32. The maximum Gasteiger partial charge on any atom is 0.0364 e. The maximum absolute atomic E-state index is 2.42. The summed E-state index contributed by atoms with van der Waals surface area (Å²) in [6.07, 6.45) is 0. The van der Waals surface area contributed by atoms with E-state index in [1.807, 2.05) is 0 Å². The third-order valence-electron chi connectivity index (χ3n) is 8.32. The summed E-state index contributed by atoms with van der Waals surface area (Å²) >= 11 is 0. The Morgan fingerprint density at radius 2 is 0.872 bits per heavy atom. The maximum atomic E-state index is 2.42. The quantitative estimate of drug-likeness (QED) is 0.214. The van der Waals surface area contributed by atoms with E-state index in [9.17, 15) is 0 Å². The fourth-order valence-corrected chi connectivity index (χ4v) is 6.65. The van der Waals surface area contributed by atoms with Gasteiger partial charge in [-0.25, -0.2) is 0 Å². The van der Waals surface area contributed by atoms with Crippen molar-refractivity contribution in [1.82, 2.24) is 0 Å². The second-order valence-electron chi connectivity index (χ2n) is 10.5. The first kappa shape index (κ1) is 22.1. The van der Waals surface area contributed by atoms with Crippen LogP contribution in [0, 0.1) is 0 Å². The molecule has 0 radical (unpaired) electrons. The van der Waals surface area contributed by atoms with Gasteiger partial charge in [-0.15, -0.1) is 0 Å². The molecule has 1 aliphatic carbocycles. The lowest BCUT2D eigenvalue weighted by molar-refractivity contribution is 1.03. The molecular weight excluding hydrogens is 468 g/mol. The molecule has 0 saturated carbocycles. The first-order chi connectivity index (χ1) is 19.4. The minimum atomic E-state index is 0.139. The SMILES string of the molecule is c1ccc(-c2cc3cc4ccccc4cc3c(C3c4ccccc4-c4ccccc43)c2-c2ccccc2)cc1. The van der Waals surface area contributed by atoms with Gasteiger partial charge in [0.15, 0.2) is 0 Å². The molecule has 1 aliphatic rings. The third kappa shape index (κ3) is 3.46. The van der Waals surface area contributed by atoms with E-state index < -0.39 is 0 Å². The number of benzene rings is 7. The van der Waals surface area contributed by atoms with E-state index in [0.717, 1.165) is 0 Å².